The van der Waals surface area contributed by atoms with Crippen molar-refractivity contribution < 1.29 is 4.79 Å². The maximum atomic E-state index is 12.0. The van der Waals surface area contributed by atoms with Gasteiger partial charge in [-0.1, -0.05) is 40.2 Å². The monoisotopic (exact) mass is 429 g/mol. The Morgan fingerprint density at radius 1 is 1.12 bits per heavy atom. The number of aryl methyl sites for hydroxylation is 1. The van der Waals surface area contributed by atoms with E-state index < -0.39 is 0 Å². The minimum atomic E-state index is 0.0571. The molecule has 0 aliphatic carbocycles. The summed E-state index contributed by atoms with van der Waals surface area (Å²) in [7, 11) is 0. The standard InChI is InChI=1S/C20H20BrN3OS/c1-15-22-10-11-24(15)19-8-4-16(5-9-19)12-23-20(25)14-26-13-17-2-6-18(21)7-3-17/h2-11H,12-14H2,1H3,(H,23,25). The number of carbonyl (C=O) groups excluding carboxylic acids is 1. The van der Waals surface area contributed by atoms with Gasteiger partial charge in [0, 0.05) is 34.9 Å². The summed E-state index contributed by atoms with van der Waals surface area (Å²) in [6.45, 7) is 2.51. The van der Waals surface area contributed by atoms with Gasteiger partial charge in [-0.15, -0.1) is 11.8 Å². The quantitative estimate of drug-likeness (QED) is 0.601. The number of thioether (sulfide) groups is 1. The molecular weight excluding hydrogens is 410 g/mol. The van der Waals surface area contributed by atoms with Crippen molar-refractivity contribution in [3.8, 4) is 5.69 Å². The second-order valence-corrected chi connectivity index (χ2v) is 7.81. The Balaban J connectivity index is 1.43. The molecule has 0 bridgehead atoms. The predicted octanol–water partition coefficient (Wildman–Crippen LogP) is 4.49. The van der Waals surface area contributed by atoms with Crippen LogP contribution >= 0.6 is 27.7 Å². The molecule has 6 heteroatoms. The number of hydrogen-bond donors (Lipinski definition) is 1. The molecule has 1 heterocycles. The summed E-state index contributed by atoms with van der Waals surface area (Å²) in [5.74, 6) is 2.30. The van der Waals surface area contributed by atoms with Gasteiger partial charge in [0.2, 0.25) is 5.91 Å². The van der Waals surface area contributed by atoms with E-state index in [9.17, 15) is 4.79 Å². The number of carbonyl (C=O) groups is 1. The third-order valence-electron chi connectivity index (χ3n) is 3.95. The summed E-state index contributed by atoms with van der Waals surface area (Å²) in [6.07, 6.45) is 3.73. The first-order valence-corrected chi connectivity index (χ1v) is 10.2. The molecule has 0 saturated heterocycles. The van der Waals surface area contributed by atoms with E-state index in [1.54, 1.807) is 18.0 Å². The van der Waals surface area contributed by atoms with E-state index in [1.165, 1.54) is 5.56 Å². The maximum absolute atomic E-state index is 12.0. The maximum Gasteiger partial charge on any atom is 0.230 e. The Morgan fingerprint density at radius 2 is 1.81 bits per heavy atom. The lowest BCUT2D eigenvalue weighted by atomic mass is 10.2. The first-order valence-electron chi connectivity index (χ1n) is 8.30. The molecule has 0 aliphatic rings. The van der Waals surface area contributed by atoms with Gasteiger partial charge in [0.15, 0.2) is 0 Å². The van der Waals surface area contributed by atoms with Crippen molar-refractivity contribution in [1.29, 1.82) is 0 Å². The largest absolute Gasteiger partial charge is 0.351 e. The average molecular weight is 430 g/mol. The fourth-order valence-electron chi connectivity index (χ4n) is 2.52. The molecule has 2 aromatic carbocycles. The van der Waals surface area contributed by atoms with E-state index in [4.69, 9.17) is 0 Å². The van der Waals surface area contributed by atoms with Crippen LogP contribution in [0.25, 0.3) is 5.69 Å². The van der Waals surface area contributed by atoms with Gasteiger partial charge in [0.05, 0.1) is 5.75 Å². The van der Waals surface area contributed by atoms with Crippen molar-refractivity contribution in [3.63, 3.8) is 0 Å². The molecule has 134 valence electrons. The minimum Gasteiger partial charge on any atom is -0.351 e. The van der Waals surface area contributed by atoms with Gasteiger partial charge in [-0.25, -0.2) is 4.98 Å². The van der Waals surface area contributed by atoms with Crippen LogP contribution < -0.4 is 5.32 Å². The molecule has 0 saturated carbocycles. The zero-order chi connectivity index (χ0) is 18.4. The van der Waals surface area contributed by atoms with Crippen LogP contribution in [0.4, 0.5) is 0 Å². The van der Waals surface area contributed by atoms with E-state index in [0.29, 0.717) is 12.3 Å². The van der Waals surface area contributed by atoms with E-state index >= 15 is 0 Å². The summed E-state index contributed by atoms with van der Waals surface area (Å²) in [4.78, 5) is 16.2. The third-order valence-corrected chi connectivity index (χ3v) is 5.48. The Morgan fingerprint density at radius 3 is 2.46 bits per heavy atom. The number of nitrogens with one attached hydrogen (secondary N) is 1. The lowest BCUT2D eigenvalue weighted by molar-refractivity contribution is -0.118. The average Bonchev–Trinajstić information content (AvgIpc) is 3.08. The van der Waals surface area contributed by atoms with E-state index in [0.717, 1.165) is 27.3 Å². The molecule has 0 fully saturated rings. The second-order valence-electron chi connectivity index (χ2n) is 5.91. The van der Waals surface area contributed by atoms with Crippen LogP contribution in [0.5, 0.6) is 0 Å². The lowest BCUT2D eigenvalue weighted by Crippen LogP contribution is -2.24. The molecule has 1 N–H and O–H groups in total. The van der Waals surface area contributed by atoms with Crippen LogP contribution in [0.3, 0.4) is 0 Å². The van der Waals surface area contributed by atoms with Gasteiger partial charge in [0.1, 0.15) is 5.82 Å². The zero-order valence-electron chi connectivity index (χ0n) is 14.5. The summed E-state index contributed by atoms with van der Waals surface area (Å²) >= 11 is 5.04. The highest BCUT2D eigenvalue weighted by atomic mass is 79.9. The fraction of sp³-hybridized carbons (Fsp3) is 0.200. The van der Waals surface area contributed by atoms with E-state index in [-0.39, 0.29) is 5.91 Å². The highest BCUT2D eigenvalue weighted by molar-refractivity contribution is 9.10. The Labute approximate surface area is 166 Å². The molecule has 26 heavy (non-hydrogen) atoms. The molecule has 0 aliphatic heterocycles. The van der Waals surface area contributed by atoms with Gasteiger partial charge in [-0.3, -0.25) is 4.79 Å². The smallest absolute Gasteiger partial charge is 0.230 e. The summed E-state index contributed by atoms with van der Waals surface area (Å²) in [5, 5.41) is 2.97. The number of rotatable bonds is 7. The molecule has 3 aromatic rings. The number of amides is 1. The number of aromatic nitrogens is 2. The zero-order valence-corrected chi connectivity index (χ0v) is 16.9. The van der Waals surface area contributed by atoms with E-state index in [1.807, 2.05) is 54.1 Å². The van der Waals surface area contributed by atoms with Gasteiger partial charge in [-0.2, -0.15) is 0 Å². The number of benzene rings is 2. The Hall–Kier alpha value is -2.05. The van der Waals surface area contributed by atoms with Gasteiger partial charge in [-0.05, 0) is 42.3 Å². The Kier molecular flexibility index (Phi) is 6.52. The molecule has 3 rings (SSSR count). The van der Waals surface area contributed by atoms with Crippen molar-refractivity contribution in [2.45, 2.75) is 19.2 Å². The molecule has 0 radical (unpaired) electrons. The SMILES string of the molecule is Cc1nccn1-c1ccc(CNC(=O)CSCc2ccc(Br)cc2)cc1. The summed E-state index contributed by atoms with van der Waals surface area (Å²) in [6, 6.07) is 16.3. The van der Waals surface area contributed by atoms with Crippen LogP contribution in [0.15, 0.2) is 65.4 Å². The van der Waals surface area contributed by atoms with Crippen molar-refractivity contribution in [3.05, 3.63) is 82.3 Å². The Bertz CT molecular complexity index is 860. The van der Waals surface area contributed by atoms with Crippen LogP contribution in [0, 0.1) is 6.92 Å². The summed E-state index contributed by atoms with van der Waals surface area (Å²) in [5.41, 5.74) is 3.37. The minimum absolute atomic E-state index is 0.0571. The number of hydrogen-bond acceptors (Lipinski definition) is 3. The van der Waals surface area contributed by atoms with Crippen molar-refractivity contribution >= 4 is 33.6 Å². The molecule has 0 atom stereocenters. The van der Waals surface area contributed by atoms with Crippen LogP contribution in [-0.4, -0.2) is 21.2 Å². The number of halogens is 1. The predicted molar refractivity (Wildman–Crippen MR) is 110 cm³/mol. The van der Waals surface area contributed by atoms with Crippen LogP contribution in [0.2, 0.25) is 0 Å². The van der Waals surface area contributed by atoms with Gasteiger partial charge < -0.3 is 9.88 Å². The fourth-order valence-corrected chi connectivity index (χ4v) is 3.60. The van der Waals surface area contributed by atoms with Crippen molar-refractivity contribution in [2.75, 3.05) is 5.75 Å². The lowest BCUT2D eigenvalue weighted by Gasteiger charge is -2.08. The highest BCUT2D eigenvalue weighted by Gasteiger charge is 2.04. The van der Waals surface area contributed by atoms with Crippen molar-refractivity contribution in [1.82, 2.24) is 14.9 Å². The number of nitrogens with zero attached hydrogens (tertiary/aromatic N) is 2. The normalized spacial score (nSPS) is 10.7. The highest BCUT2D eigenvalue weighted by Crippen LogP contribution is 2.16. The van der Waals surface area contributed by atoms with E-state index in [2.05, 4.69) is 38.4 Å². The molecule has 1 aromatic heterocycles. The van der Waals surface area contributed by atoms with Crippen molar-refractivity contribution in [2.24, 2.45) is 0 Å². The third kappa shape index (κ3) is 5.22. The topological polar surface area (TPSA) is 46.9 Å². The first kappa shape index (κ1) is 18.7. The number of imidazole rings is 1. The van der Waals surface area contributed by atoms with Crippen LogP contribution in [0.1, 0.15) is 17.0 Å². The van der Waals surface area contributed by atoms with Gasteiger partial charge in [0.25, 0.3) is 0 Å². The van der Waals surface area contributed by atoms with Crippen LogP contribution in [-0.2, 0) is 17.1 Å². The molecular formula is C20H20BrN3OS. The molecule has 1 amide bonds. The molecule has 0 unspecified atom stereocenters. The first-order chi connectivity index (χ1) is 12.6. The van der Waals surface area contributed by atoms with Gasteiger partial charge >= 0.3 is 0 Å². The summed E-state index contributed by atoms with van der Waals surface area (Å²) < 4.78 is 3.10. The molecule has 0 spiro atoms. The molecule has 4 nitrogen and oxygen atoms in total. The second kappa shape index (κ2) is 9.05.